The molecule has 0 aliphatic heterocycles. The average Bonchev–Trinajstić information content (AvgIpc) is 2.43. The molecule has 2 aromatic rings. The van der Waals surface area contributed by atoms with E-state index in [4.69, 9.17) is 22.1 Å². The maximum absolute atomic E-state index is 12.5. The quantitative estimate of drug-likeness (QED) is 0.856. The molecule has 0 unspecified atom stereocenters. The molecule has 0 heterocycles. The van der Waals surface area contributed by atoms with E-state index in [0.29, 0.717) is 22.9 Å². The van der Waals surface area contributed by atoms with Crippen LogP contribution in [0, 0.1) is 0 Å². The summed E-state index contributed by atoms with van der Waals surface area (Å²) in [6.45, 7) is 2.29. The summed E-state index contributed by atoms with van der Waals surface area (Å²) in [6, 6.07) is 11.3. The lowest BCUT2D eigenvalue weighted by Crippen LogP contribution is -2.08. The van der Waals surface area contributed by atoms with E-state index in [-0.39, 0.29) is 16.3 Å². The van der Waals surface area contributed by atoms with Gasteiger partial charge in [-0.25, -0.2) is 8.42 Å². The Hall–Kier alpha value is -1.72. The maximum atomic E-state index is 12.5. The van der Waals surface area contributed by atoms with Crippen LogP contribution < -0.4 is 10.5 Å². The first-order chi connectivity index (χ1) is 9.92. The molecule has 4 nitrogen and oxygen atoms in total. The van der Waals surface area contributed by atoms with Gasteiger partial charge in [0.2, 0.25) is 0 Å². The van der Waals surface area contributed by atoms with E-state index >= 15 is 0 Å². The average molecular weight is 326 g/mol. The number of ether oxygens (including phenoxy) is 1. The molecule has 0 saturated heterocycles. The molecule has 112 valence electrons. The Labute approximate surface area is 129 Å². The number of hydrogen-bond acceptors (Lipinski definition) is 4. The third kappa shape index (κ3) is 3.89. The Morgan fingerprint density at radius 1 is 1.14 bits per heavy atom. The fourth-order valence-electron chi connectivity index (χ4n) is 1.92. The van der Waals surface area contributed by atoms with Gasteiger partial charge in [-0.3, -0.25) is 0 Å². The standard InChI is InChI=1S/C15H16ClNO3S/c1-2-20-13-7-8-14(17)15(9-13)21(18,19)10-11-3-5-12(16)6-4-11/h3-9H,2,10,17H2,1H3. The van der Waals surface area contributed by atoms with Crippen LogP contribution in [0.25, 0.3) is 0 Å². The number of nitrogens with two attached hydrogens (primary N) is 1. The van der Waals surface area contributed by atoms with E-state index in [9.17, 15) is 8.42 Å². The first-order valence-corrected chi connectivity index (χ1v) is 8.45. The molecule has 0 spiro atoms. The Kier molecular flexibility index (Phi) is 4.75. The highest BCUT2D eigenvalue weighted by molar-refractivity contribution is 7.90. The van der Waals surface area contributed by atoms with Crippen molar-refractivity contribution in [3.05, 3.63) is 53.1 Å². The van der Waals surface area contributed by atoms with E-state index in [0.717, 1.165) is 0 Å². The summed E-state index contributed by atoms with van der Waals surface area (Å²) in [4.78, 5) is 0.0865. The van der Waals surface area contributed by atoms with Gasteiger partial charge in [0.1, 0.15) is 5.75 Å². The van der Waals surface area contributed by atoms with Gasteiger partial charge in [-0.2, -0.15) is 0 Å². The van der Waals surface area contributed by atoms with E-state index < -0.39 is 9.84 Å². The number of sulfone groups is 1. The number of benzene rings is 2. The van der Waals surface area contributed by atoms with Gasteiger partial charge in [-0.15, -0.1) is 0 Å². The largest absolute Gasteiger partial charge is 0.494 e. The maximum Gasteiger partial charge on any atom is 0.184 e. The molecule has 0 saturated carbocycles. The van der Waals surface area contributed by atoms with Crippen molar-refractivity contribution < 1.29 is 13.2 Å². The van der Waals surface area contributed by atoms with Crippen molar-refractivity contribution in [1.82, 2.24) is 0 Å². The fraction of sp³-hybridized carbons (Fsp3) is 0.200. The van der Waals surface area contributed by atoms with Crippen molar-refractivity contribution in [2.45, 2.75) is 17.6 Å². The Bertz CT molecular complexity index is 727. The molecule has 0 aliphatic carbocycles. The Morgan fingerprint density at radius 3 is 2.43 bits per heavy atom. The molecular formula is C15H16ClNO3S. The predicted octanol–water partition coefficient (Wildman–Crippen LogP) is 3.29. The molecule has 0 atom stereocenters. The lowest BCUT2D eigenvalue weighted by atomic mass is 10.2. The number of halogens is 1. The van der Waals surface area contributed by atoms with E-state index in [2.05, 4.69) is 0 Å². The second-order valence-corrected chi connectivity index (χ2v) is 6.91. The van der Waals surface area contributed by atoms with Crippen molar-refractivity contribution >= 4 is 27.1 Å². The van der Waals surface area contributed by atoms with Crippen LogP contribution in [-0.4, -0.2) is 15.0 Å². The van der Waals surface area contributed by atoms with Gasteiger partial charge < -0.3 is 10.5 Å². The van der Waals surface area contributed by atoms with Gasteiger partial charge >= 0.3 is 0 Å². The first-order valence-electron chi connectivity index (χ1n) is 6.42. The molecule has 0 radical (unpaired) electrons. The zero-order valence-electron chi connectivity index (χ0n) is 11.5. The van der Waals surface area contributed by atoms with Crippen LogP contribution in [0.3, 0.4) is 0 Å². The smallest absolute Gasteiger partial charge is 0.184 e. The normalized spacial score (nSPS) is 11.3. The van der Waals surface area contributed by atoms with E-state index in [1.807, 2.05) is 6.92 Å². The van der Waals surface area contributed by atoms with Crippen LogP contribution in [0.15, 0.2) is 47.4 Å². The number of anilines is 1. The highest BCUT2D eigenvalue weighted by Gasteiger charge is 2.19. The van der Waals surface area contributed by atoms with Gasteiger partial charge in [0.05, 0.1) is 22.9 Å². The summed E-state index contributed by atoms with van der Waals surface area (Å²) in [5.74, 6) is 0.352. The molecule has 0 aromatic heterocycles. The van der Waals surface area contributed by atoms with Gasteiger partial charge in [0.25, 0.3) is 0 Å². The molecule has 0 aliphatic rings. The third-order valence-corrected chi connectivity index (χ3v) is 4.89. The molecule has 21 heavy (non-hydrogen) atoms. The first kappa shape index (κ1) is 15.7. The Morgan fingerprint density at radius 2 is 1.81 bits per heavy atom. The molecular weight excluding hydrogens is 310 g/mol. The minimum Gasteiger partial charge on any atom is -0.494 e. The number of rotatable bonds is 5. The van der Waals surface area contributed by atoms with Crippen molar-refractivity contribution in [2.24, 2.45) is 0 Å². The van der Waals surface area contributed by atoms with Crippen LogP contribution in [0.5, 0.6) is 5.75 Å². The molecule has 2 N–H and O–H groups in total. The minimum atomic E-state index is -3.55. The number of hydrogen-bond donors (Lipinski definition) is 1. The highest BCUT2D eigenvalue weighted by Crippen LogP contribution is 2.27. The lowest BCUT2D eigenvalue weighted by molar-refractivity contribution is 0.339. The van der Waals surface area contributed by atoms with Crippen molar-refractivity contribution in [3.8, 4) is 5.75 Å². The van der Waals surface area contributed by atoms with Gasteiger partial charge in [-0.1, -0.05) is 23.7 Å². The summed E-state index contributed by atoms with van der Waals surface area (Å²) in [7, 11) is -3.55. The summed E-state index contributed by atoms with van der Waals surface area (Å²) in [5, 5.41) is 0.564. The van der Waals surface area contributed by atoms with Gasteiger partial charge in [-0.05, 0) is 36.8 Å². The molecule has 2 rings (SSSR count). The fourth-order valence-corrected chi connectivity index (χ4v) is 3.55. The minimum absolute atomic E-state index is 0.0865. The number of nitrogen functional groups attached to an aromatic ring is 1. The van der Waals surface area contributed by atoms with E-state index in [1.165, 1.54) is 6.07 Å². The monoisotopic (exact) mass is 325 g/mol. The van der Waals surface area contributed by atoms with E-state index in [1.54, 1.807) is 36.4 Å². The molecule has 0 fully saturated rings. The summed E-state index contributed by atoms with van der Waals surface area (Å²) >= 11 is 5.79. The van der Waals surface area contributed by atoms with Crippen LogP contribution >= 0.6 is 11.6 Å². The summed E-state index contributed by atoms with van der Waals surface area (Å²) < 4.78 is 30.3. The Balaban J connectivity index is 2.34. The predicted molar refractivity (Wildman–Crippen MR) is 84.4 cm³/mol. The third-order valence-electron chi connectivity index (χ3n) is 2.90. The zero-order chi connectivity index (χ0) is 15.5. The van der Waals surface area contributed by atoms with Crippen molar-refractivity contribution in [3.63, 3.8) is 0 Å². The van der Waals surface area contributed by atoms with Crippen LogP contribution in [0.2, 0.25) is 5.02 Å². The van der Waals surface area contributed by atoms with Crippen molar-refractivity contribution in [2.75, 3.05) is 12.3 Å². The summed E-state index contributed by atoms with van der Waals surface area (Å²) in [5.41, 5.74) is 6.66. The second-order valence-electron chi connectivity index (χ2n) is 4.52. The van der Waals surface area contributed by atoms with Crippen molar-refractivity contribution in [1.29, 1.82) is 0 Å². The highest BCUT2D eigenvalue weighted by atomic mass is 35.5. The molecule has 0 amide bonds. The second kappa shape index (κ2) is 6.37. The molecule has 0 bridgehead atoms. The lowest BCUT2D eigenvalue weighted by Gasteiger charge is -2.10. The van der Waals surface area contributed by atoms with Crippen LogP contribution in [0.1, 0.15) is 12.5 Å². The summed E-state index contributed by atoms with van der Waals surface area (Å²) in [6.07, 6.45) is 0. The van der Waals surface area contributed by atoms with Crippen LogP contribution in [0.4, 0.5) is 5.69 Å². The van der Waals surface area contributed by atoms with Crippen LogP contribution in [-0.2, 0) is 15.6 Å². The SMILES string of the molecule is CCOc1ccc(N)c(S(=O)(=O)Cc2ccc(Cl)cc2)c1. The molecule has 2 aromatic carbocycles. The topological polar surface area (TPSA) is 69.4 Å². The molecule has 6 heteroatoms. The van der Waals surface area contributed by atoms with Gasteiger partial charge in [0.15, 0.2) is 9.84 Å². The van der Waals surface area contributed by atoms with Gasteiger partial charge in [0, 0.05) is 11.1 Å². The zero-order valence-corrected chi connectivity index (χ0v) is 13.1.